The predicted octanol–water partition coefficient (Wildman–Crippen LogP) is 3.44. The number of carbonyl (C=O) groups is 2. The number of benzene rings is 1. The number of nitrogens with zero attached hydrogens (tertiary/aromatic N) is 3. The number of aromatic nitrogens is 1. The summed E-state index contributed by atoms with van der Waals surface area (Å²) in [5.74, 6) is 0.640. The number of likely N-dealkylation sites (N-methyl/N-ethyl adjacent to an activating group) is 1. The number of hydrogen-bond acceptors (Lipinski definition) is 6. The van der Waals surface area contributed by atoms with Crippen molar-refractivity contribution in [2.45, 2.75) is 45.4 Å². The molecule has 0 spiro atoms. The number of rotatable bonds is 5. The molecule has 0 radical (unpaired) electrons. The van der Waals surface area contributed by atoms with Crippen molar-refractivity contribution in [3.05, 3.63) is 53.9 Å². The van der Waals surface area contributed by atoms with Crippen molar-refractivity contribution in [3.63, 3.8) is 0 Å². The fourth-order valence-electron chi connectivity index (χ4n) is 4.46. The lowest BCUT2D eigenvalue weighted by molar-refractivity contribution is -0.117. The Morgan fingerprint density at radius 1 is 1.17 bits per heavy atom. The summed E-state index contributed by atoms with van der Waals surface area (Å²) in [6.07, 6.45) is 5.34. The quantitative estimate of drug-likeness (QED) is 0.706. The number of nitrogens with one attached hydrogen (secondary N) is 1. The second kappa shape index (κ2) is 11.2. The van der Waals surface area contributed by atoms with Crippen molar-refractivity contribution in [2.75, 3.05) is 39.2 Å². The van der Waals surface area contributed by atoms with E-state index < -0.39 is 0 Å². The molecule has 2 aromatic rings. The van der Waals surface area contributed by atoms with Gasteiger partial charge in [0.25, 0.3) is 5.91 Å². The minimum absolute atomic E-state index is 0.00785. The number of methoxy groups -OCH3 is 1. The first kappa shape index (κ1) is 25.1. The van der Waals surface area contributed by atoms with Crippen molar-refractivity contribution in [2.24, 2.45) is 11.8 Å². The van der Waals surface area contributed by atoms with Crippen molar-refractivity contribution >= 4 is 17.5 Å². The third kappa shape index (κ3) is 6.38. The molecule has 0 saturated heterocycles. The Bertz CT molecular complexity index is 1030. The first-order valence-corrected chi connectivity index (χ1v) is 12.3. The smallest absolute Gasteiger partial charge is 0.257 e. The molecule has 2 aliphatic rings. The third-order valence-corrected chi connectivity index (χ3v) is 6.92. The summed E-state index contributed by atoms with van der Waals surface area (Å²) in [7, 11) is 3.48. The van der Waals surface area contributed by atoms with Crippen LogP contribution in [-0.4, -0.2) is 72.6 Å². The predicted molar refractivity (Wildman–Crippen MR) is 134 cm³/mol. The molecule has 1 fully saturated rings. The summed E-state index contributed by atoms with van der Waals surface area (Å²) in [6, 6.07) is 9.47. The molecule has 2 heterocycles. The lowest BCUT2D eigenvalue weighted by Crippen LogP contribution is -2.46. The monoisotopic (exact) mass is 480 g/mol. The number of fused-ring (bicyclic) bond motifs is 1. The van der Waals surface area contributed by atoms with Crippen LogP contribution < -0.4 is 10.1 Å². The van der Waals surface area contributed by atoms with Gasteiger partial charge in [-0.05, 0) is 61.6 Å². The Labute approximate surface area is 207 Å². The molecule has 2 amide bonds. The molecule has 1 N–H and O–H groups in total. The maximum Gasteiger partial charge on any atom is 0.257 e. The molecule has 0 unspecified atom stereocenters. The van der Waals surface area contributed by atoms with Crippen LogP contribution in [0.15, 0.2) is 42.7 Å². The van der Waals surface area contributed by atoms with Crippen molar-refractivity contribution in [3.8, 4) is 5.75 Å². The highest BCUT2D eigenvalue weighted by molar-refractivity contribution is 6.00. The minimum Gasteiger partial charge on any atom is -0.491 e. The minimum atomic E-state index is -0.154. The number of hydrogen-bond donors (Lipinski definition) is 1. The number of ether oxygens (including phenoxy) is 2. The van der Waals surface area contributed by atoms with E-state index in [1.54, 1.807) is 37.3 Å². The van der Waals surface area contributed by atoms with Gasteiger partial charge < -0.3 is 19.7 Å². The topological polar surface area (TPSA) is 84.0 Å². The Hall–Kier alpha value is -2.97. The average Bonchev–Trinajstić information content (AvgIpc) is 3.71. The summed E-state index contributed by atoms with van der Waals surface area (Å²) in [6.45, 7) is 6.73. The van der Waals surface area contributed by atoms with E-state index in [2.05, 4.69) is 29.0 Å². The Morgan fingerprint density at radius 2 is 1.91 bits per heavy atom. The zero-order valence-electron chi connectivity index (χ0n) is 21.1. The Morgan fingerprint density at radius 3 is 2.60 bits per heavy atom. The summed E-state index contributed by atoms with van der Waals surface area (Å²) in [5, 5.41) is 2.94. The standard InChI is InChI=1S/C27H36N4O4/c1-18-14-31(15-20-9-11-28-12-10-20)19(2)17-35-24-8-7-22(29-26(32)21-5-6-21)13-23(24)27(33)30(3)16-25(18)34-4/h7-13,18-19,21,25H,5-6,14-17H2,1-4H3,(H,29,32)/t18-,19-,25-/m0/s1. The van der Waals surface area contributed by atoms with E-state index in [1.165, 1.54) is 5.56 Å². The number of amides is 2. The third-order valence-electron chi connectivity index (χ3n) is 6.92. The van der Waals surface area contributed by atoms with Gasteiger partial charge in [-0.1, -0.05) is 6.92 Å². The van der Waals surface area contributed by atoms with E-state index in [9.17, 15) is 9.59 Å². The van der Waals surface area contributed by atoms with Crippen LogP contribution >= 0.6 is 0 Å². The van der Waals surface area contributed by atoms with E-state index in [1.807, 2.05) is 24.5 Å². The van der Waals surface area contributed by atoms with Crippen LogP contribution in [-0.2, 0) is 16.1 Å². The van der Waals surface area contributed by atoms with Gasteiger partial charge in [0.05, 0.1) is 11.7 Å². The van der Waals surface area contributed by atoms with Crippen LogP contribution in [0.5, 0.6) is 5.75 Å². The van der Waals surface area contributed by atoms with Gasteiger partial charge in [0.1, 0.15) is 12.4 Å². The summed E-state index contributed by atoms with van der Waals surface area (Å²) in [4.78, 5) is 33.9. The van der Waals surface area contributed by atoms with Crippen LogP contribution in [0.2, 0.25) is 0 Å². The molecule has 3 atom stereocenters. The van der Waals surface area contributed by atoms with Gasteiger partial charge in [-0.3, -0.25) is 19.5 Å². The van der Waals surface area contributed by atoms with E-state index in [-0.39, 0.29) is 35.8 Å². The van der Waals surface area contributed by atoms with Gasteiger partial charge in [0.2, 0.25) is 5.91 Å². The van der Waals surface area contributed by atoms with Gasteiger partial charge >= 0.3 is 0 Å². The maximum atomic E-state index is 13.5. The van der Waals surface area contributed by atoms with E-state index in [4.69, 9.17) is 9.47 Å². The highest BCUT2D eigenvalue weighted by Gasteiger charge is 2.31. The highest BCUT2D eigenvalue weighted by atomic mass is 16.5. The van der Waals surface area contributed by atoms with Crippen molar-refractivity contribution in [1.82, 2.24) is 14.8 Å². The van der Waals surface area contributed by atoms with Gasteiger partial charge in [-0.25, -0.2) is 0 Å². The molecule has 0 bridgehead atoms. The second-order valence-corrected chi connectivity index (χ2v) is 9.86. The maximum absolute atomic E-state index is 13.5. The summed E-state index contributed by atoms with van der Waals surface area (Å²) >= 11 is 0. The first-order valence-electron chi connectivity index (χ1n) is 12.3. The molecule has 8 heteroatoms. The van der Waals surface area contributed by atoms with Gasteiger partial charge in [0.15, 0.2) is 0 Å². The molecule has 1 aromatic carbocycles. The summed E-state index contributed by atoms with van der Waals surface area (Å²) < 4.78 is 12.1. The van der Waals surface area contributed by atoms with E-state index >= 15 is 0 Å². The molecule has 188 valence electrons. The average molecular weight is 481 g/mol. The normalized spacial score (nSPS) is 24.1. The molecule has 1 aromatic heterocycles. The Balaban J connectivity index is 1.61. The first-order chi connectivity index (χ1) is 16.9. The van der Waals surface area contributed by atoms with Crippen LogP contribution in [0.1, 0.15) is 42.6 Å². The van der Waals surface area contributed by atoms with Crippen LogP contribution in [0.3, 0.4) is 0 Å². The fourth-order valence-corrected chi connectivity index (χ4v) is 4.46. The zero-order valence-corrected chi connectivity index (χ0v) is 21.1. The van der Waals surface area contributed by atoms with E-state index in [0.717, 1.165) is 25.9 Å². The molecule has 1 aliphatic heterocycles. The van der Waals surface area contributed by atoms with Gasteiger partial charge in [0, 0.05) is 63.8 Å². The molecule has 1 aliphatic carbocycles. The lowest BCUT2D eigenvalue weighted by atomic mass is 10.0. The van der Waals surface area contributed by atoms with Gasteiger partial charge in [-0.2, -0.15) is 0 Å². The molecular weight excluding hydrogens is 444 g/mol. The fraction of sp³-hybridized carbons (Fsp3) is 0.519. The van der Waals surface area contributed by atoms with Crippen molar-refractivity contribution in [1.29, 1.82) is 0 Å². The van der Waals surface area contributed by atoms with Gasteiger partial charge in [-0.15, -0.1) is 0 Å². The molecule has 1 saturated carbocycles. The van der Waals surface area contributed by atoms with Crippen LogP contribution in [0, 0.1) is 11.8 Å². The molecule has 4 rings (SSSR count). The SMILES string of the molecule is CO[C@H]1CN(C)C(=O)c2cc(NC(=O)C3CC3)ccc2OC[C@H](C)N(Cc2ccncc2)C[C@@H]1C. The Kier molecular flexibility index (Phi) is 8.03. The largest absolute Gasteiger partial charge is 0.491 e. The van der Waals surface area contributed by atoms with Crippen LogP contribution in [0.25, 0.3) is 0 Å². The number of pyridine rings is 1. The highest BCUT2D eigenvalue weighted by Crippen LogP contribution is 2.31. The van der Waals surface area contributed by atoms with E-state index in [0.29, 0.717) is 30.2 Å². The number of anilines is 1. The second-order valence-electron chi connectivity index (χ2n) is 9.86. The number of carbonyl (C=O) groups excluding carboxylic acids is 2. The summed E-state index contributed by atoms with van der Waals surface area (Å²) in [5.41, 5.74) is 2.24. The van der Waals surface area contributed by atoms with Crippen LogP contribution in [0.4, 0.5) is 5.69 Å². The molecular formula is C27H36N4O4. The zero-order chi connectivity index (χ0) is 24.9. The molecule has 35 heavy (non-hydrogen) atoms. The van der Waals surface area contributed by atoms with Crippen molar-refractivity contribution < 1.29 is 19.1 Å². The molecule has 8 nitrogen and oxygen atoms in total. The lowest BCUT2D eigenvalue weighted by Gasteiger charge is -2.36.